The van der Waals surface area contributed by atoms with Crippen molar-refractivity contribution >= 4 is 21.8 Å². The highest BCUT2D eigenvalue weighted by atomic mass is 16.5. The van der Waals surface area contributed by atoms with Crippen LogP contribution in [0, 0.1) is 12.8 Å². The van der Waals surface area contributed by atoms with Gasteiger partial charge in [-0.25, -0.2) is 9.67 Å². The van der Waals surface area contributed by atoms with E-state index >= 15 is 0 Å². The second kappa shape index (κ2) is 13.2. The molecule has 0 N–H and O–H groups in total. The number of hydrogen-bond acceptors (Lipinski definition) is 3. The Balaban J connectivity index is 1.36. The van der Waals surface area contributed by atoms with E-state index in [9.17, 15) is 0 Å². The van der Waals surface area contributed by atoms with E-state index < -0.39 is 0 Å². The Hall–Kier alpha value is -4.64. The van der Waals surface area contributed by atoms with Gasteiger partial charge >= 0.3 is 0 Å². The van der Waals surface area contributed by atoms with Crippen LogP contribution in [0.25, 0.3) is 33.3 Å². The van der Waals surface area contributed by atoms with Crippen LogP contribution >= 0.6 is 0 Å². The largest absolute Gasteiger partial charge is 0.457 e. The van der Waals surface area contributed by atoms with Gasteiger partial charge in [0.15, 0.2) is 0 Å². The smallest absolute Gasteiger partial charge is 0.137 e. The molecule has 50 heavy (non-hydrogen) atoms. The van der Waals surface area contributed by atoms with Crippen LogP contribution in [0.2, 0.25) is 0 Å². The van der Waals surface area contributed by atoms with Crippen molar-refractivity contribution in [1.29, 1.82) is 0 Å². The van der Waals surface area contributed by atoms with E-state index in [0.29, 0.717) is 17.8 Å². The number of fused-ring (bicyclic) bond motifs is 3. The molecule has 0 spiro atoms. The molecule has 0 fully saturated rings. The minimum atomic E-state index is -0.107. The van der Waals surface area contributed by atoms with Gasteiger partial charge in [0, 0.05) is 46.0 Å². The summed E-state index contributed by atoms with van der Waals surface area (Å²) in [5, 5.41) is 7.68. The Morgan fingerprint density at radius 1 is 0.900 bits per heavy atom. The number of para-hydroxylation sites is 1. The minimum absolute atomic E-state index is 0.107. The van der Waals surface area contributed by atoms with Crippen molar-refractivity contribution in [2.24, 2.45) is 5.92 Å². The Morgan fingerprint density at radius 2 is 1.68 bits per heavy atom. The average molecular weight is 665 g/mol. The highest BCUT2D eigenvalue weighted by Gasteiger charge is 2.35. The first-order valence-electron chi connectivity index (χ1n) is 18.5. The third kappa shape index (κ3) is 6.16. The maximum absolute atomic E-state index is 6.82. The number of ether oxygens (including phenoxy) is 1. The van der Waals surface area contributed by atoms with Gasteiger partial charge in [-0.1, -0.05) is 84.7 Å². The molecule has 0 aliphatic heterocycles. The first kappa shape index (κ1) is 33.8. The van der Waals surface area contributed by atoms with Gasteiger partial charge in [-0.15, -0.1) is 0 Å². The Morgan fingerprint density at radius 3 is 2.42 bits per heavy atom. The van der Waals surface area contributed by atoms with Gasteiger partial charge in [-0.05, 0) is 98.5 Å². The van der Waals surface area contributed by atoms with E-state index in [2.05, 4.69) is 150 Å². The van der Waals surface area contributed by atoms with Crippen LogP contribution in [-0.2, 0) is 11.8 Å². The summed E-state index contributed by atoms with van der Waals surface area (Å²) >= 11 is 0. The van der Waals surface area contributed by atoms with Crippen molar-refractivity contribution in [2.75, 3.05) is 0 Å². The number of nitrogens with zero attached hydrogens (tertiary/aromatic N) is 4. The first-order valence-corrected chi connectivity index (χ1v) is 18.5. The van der Waals surface area contributed by atoms with E-state index in [1.807, 2.05) is 6.20 Å². The lowest BCUT2D eigenvalue weighted by Gasteiger charge is -2.32. The van der Waals surface area contributed by atoms with Gasteiger partial charge in [0.25, 0.3) is 0 Å². The molecule has 0 saturated heterocycles. The van der Waals surface area contributed by atoms with Crippen LogP contribution < -0.4 is 4.74 Å². The normalized spacial score (nSPS) is 16.8. The number of hydrogen-bond donors (Lipinski definition) is 0. The zero-order chi connectivity index (χ0) is 35.3. The molecule has 5 nitrogen and oxygen atoms in total. The molecule has 0 amide bonds. The summed E-state index contributed by atoms with van der Waals surface area (Å²) in [5.41, 5.74) is 10.9. The number of aryl methyl sites for hydroxylation is 2. The lowest BCUT2D eigenvalue weighted by atomic mass is 9.72. The Labute approximate surface area is 298 Å². The third-order valence-electron chi connectivity index (χ3n) is 10.6. The van der Waals surface area contributed by atoms with Gasteiger partial charge in [-0.3, -0.25) is 4.57 Å². The van der Waals surface area contributed by atoms with Crippen LogP contribution in [-0.4, -0.2) is 19.3 Å². The number of pyridine rings is 1. The third-order valence-corrected chi connectivity index (χ3v) is 10.6. The number of aromatic nitrogens is 4. The molecule has 6 aromatic rings. The van der Waals surface area contributed by atoms with Crippen molar-refractivity contribution in [3.05, 3.63) is 119 Å². The molecule has 258 valence electrons. The van der Waals surface area contributed by atoms with Gasteiger partial charge in [0.2, 0.25) is 0 Å². The van der Waals surface area contributed by atoms with Crippen LogP contribution in [0.5, 0.6) is 11.5 Å². The van der Waals surface area contributed by atoms with E-state index in [1.54, 1.807) is 0 Å². The molecule has 1 aliphatic rings. The Bertz CT molecular complexity index is 2220. The quantitative estimate of drug-likeness (QED) is 0.152. The van der Waals surface area contributed by atoms with E-state index in [-0.39, 0.29) is 5.41 Å². The molecule has 7 rings (SSSR count). The predicted octanol–water partition coefficient (Wildman–Crippen LogP) is 12.3. The topological polar surface area (TPSA) is 44.9 Å². The zero-order valence-electron chi connectivity index (χ0n) is 31.3. The molecule has 3 heterocycles. The second-order valence-corrected chi connectivity index (χ2v) is 15.8. The molecule has 5 heteroatoms. The van der Waals surface area contributed by atoms with Gasteiger partial charge in [-0.2, -0.15) is 5.10 Å². The molecule has 0 bridgehead atoms. The minimum Gasteiger partial charge on any atom is -0.457 e. The highest BCUT2D eigenvalue weighted by Crippen LogP contribution is 2.45. The van der Waals surface area contributed by atoms with E-state index in [1.165, 1.54) is 45.2 Å². The van der Waals surface area contributed by atoms with Crippen molar-refractivity contribution in [3.63, 3.8) is 0 Å². The van der Waals surface area contributed by atoms with Gasteiger partial charge in [0.05, 0.1) is 28.1 Å². The molecule has 2 atom stereocenters. The van der Waals surface area contributed by atoms with Gasteiger partial charge in [0.1, 0.15) is 17.3 Å². The second-order valence-electron chi connectivity index (χ2n) is 15.8. The SMILES string of the molecule is CCCc1ccnc(-n2c3ccccc3c3ccc(Oc4cc(C(C)C)cc(-n5nc(C)c([C@H]6C(C)=CCCC6C)c5C(C)(C)C)c4)cc32)c1. The molecular formula is C45H52N4O. The monoisotopic (exact) mass is 664 g/mol. The maximum atomic E-state index is 6.82. The Kier molecular flexibility index (Phi) is 8.96. The van der Waals surface area contributed by atoms with Crippen molar-refractivity contribution in [2.45, 2.75) is 105 Å². The number of allylic oxidation sites excluding steroid dienone is 2. The lowest BCUT2D eigenvalue weighted by molar-refractivity contribution is 0.437. The standard InChI is InChI=1S/C45H52N4O/c1-10-14-32-21-22-46-41(23-32)48-39-18-12-11-17-37(39)38-20-19-35(27-40(38)48)50-36-25-33(28(2)3)24-34(26-36)49-44(45(7,8)9)43(31(6)47-49)42-29(4)15-13-16-30(42)5/h11-12,15,17-28,30,42H,10,13-14,16H2,1-9H3/t30?,42-/m0/s1. The van der Waals surface area contributed by atoms with Crippen LogP contribution in [0.3, 0.4) is 0 Å². The summed E-state index contributed by atoms with van der Waals surface area (Å²) in [7, 11) is 0. The summed E-state index contributed by atoms with van der Waals surface area (Å²) < 4.78 is 11.3. The number of rotatable bonds is 8. The summed E-state index contributed by atoms with van der Waals surface area (Å²) in [4.78, 5) is 4.84. The first-order chi connectivity index (χ1) is 23.9. The van der Waals surface area contributed by atoms with Gasteiger partial charge < -0.3 is 4.74 Å². The molecule has 0 radical (unpaired) electrons. The zero-order valence-corrected chi connectivity index (χ0v) is 31.3. The van der Waals surface area contributed by atoms with Crippen molar-refractivity contribution < 1.29 is 4.74 Å². The van der Waals surface area contributed by atoms with E-state index in [4.69, 9.17) is 14.8 Å². The molecular weight excluding hydrogens is 613 g/mol. The molecule has 0 saturated carbocycles. The number of benzene rings is 3. The summed E-state index contributed by atoms with van der Waals surface area (Å²) in [6, 6.07) is 26.0. The molecule has 3 aromatic heterocycles. The van der Waals surface area contributed by atoms with E-state index in [0.717, 1.165) is 59.0 Å². The van der Waals surface area contributed by atoms with Crippen molar-refractivity contribution in [1.82, 2.24) is 19.3 Å². The predicted molar refractivity (Wildman–Crippen MR) is 209 cm³/mol. The fourth-order valence-electron chi connectivity index (χ4n) is 8.19. The lowest BCUT2D eigenvalue weighted by Crippen LogP contribution is -2.24. The summed E-state index contributed by atoms with van der Waals surface area (Å²) in [6.45, 7) is 20.6. The molecule has 1 unspecified atom stereocenters. The van der Waals surface area contributed by atoms with Crippen molar-refractivity contribution in [3.8, 4) is 23.0 Å². The fourth-order valence-corrected chi connectivity index (χ4v) is 8.19. The average Bonchev–Trinajstić information content (AvgIpc) is 3.59. The maximum Gasteiger partial charge on any atom is 0.137 e. The summed E-state index contributed by atoms with van der Waals surface area (Å²) in [6.07, 6.45) is 8.86. The molecule has 3 aromatic carbocycles. The fraction of sp³-hybridized carbons (Fsp3) is 0.378. The molecule has 1 aliphatic carbocycles. The van der Waals surface area contributed by atoms with Crippen LogP contribution in [0.1, 0.15) is 115 Å². The highest BCUT2D eigenvalue weighted by molar-refractivity contribution is 6.09. The van der Waals surface area contributed by atoms with Crippen LogP contribution in [0.4, 0.5) is 0 Å². The summed E-state index contributed by atoms with van der Waals surface area (Å²) in [5.74, 6) is 3.82. The van der Waals surface area contributed by atoms with Crippen LogP contribution in [0.15, 0.2) is 90.6 Å².